The van der Waals surface area contributed by atoms with Gasteiger partial charge in [-0.2, -0.15) is 0 Å². The maximum absolute atomic E-state index is 5.72. The van der Waals surface area contributed by atoms with Gasteiger partial charge < -0.3 is 11.5 Å². The molecule has 0 aromatic carbocycles. The number of nitrogens with two attached hydrogens (primary N) is 2. The highest BCUT2D eigenvalue weighted by Crippen LogP contribution is 2.34. The Balaban J connectivity index is 2.88. The van der Waals surface area contributed by atoms with Crippen molar-refractivity contribution in [3.8, 4) is 0 Å². The second kappa shape index (κ2) is 4.00. The number of hydrogen-bond acceptors (Lipinski definition) is 3. The fraction of sp³-hybridized carbons (Fsp3) is 0.333. The van der Waals surface area contributed by atoms with Gasteiger partial charge in [-0.3, -0.25) is 0 Å². The van der Waals surface area contributed by atoms with E-state index in [1.54, 1.807) is 11.3 Å². The first-order chi connectivity index (χ1) is 5.15. The monoisotopic (exact) mass is 298 g/mol. The van der Waals surface area contributed by atoms with Crippen LogP contribution in [-0.4, -0.2) is 6.54 Å². The lowest BCUT2D eigenvalue weighted by atomic mass is 10.3. The van der Waals surface area contributed by atoms with Crippen molar-refractivity contribution >= 4 is 43.2 Å². The predicted octanol–water partition coefficient (Wildman–Crippen LogP) is 2.23. The van der Waals surface area contributed by atoms with Crippen LogP contribution < -0.4 is 11.5 Å². The lowest BCUT2D eigenvalue weighted by Crippen LogP contribution is -2.19. The van der Waals surface area contributed by atoms with Crippen molar-refractivity contribution in [2.24, 2.45) is 11.5 Å². The van der Waals surface area contributed by atoms with Gasteiger partial charge in [0.05, 0.1) is 9.83 Å². The van der Waals surface area contributed by atoms with E-state index in [1.165, 1.54) is 0 Å². The van der Waals surface area contributed by atoms with Crippen LogP contribution in [0.3, 0.4) is 0 Å². The first-order valence-electron chi connectivity index (χ1n) is 3.05. The van der Waals surface area contributed by atoms with E-state index >= 15 is 0 Å². The van der Waals surface area contributed by atoms with Crippen molar-refractivity contribution in [2.45, 2.75) is 6.04 Å². The number of hydrogen-bond donors (Lipinski definition) is 2. The molecule has 1 rings (SSSR count). The summed E-state index contributed by atoms with van der Waals surface area (Å²) in [6.07, 6.45) is 0. The smallest absolute Gasteiger partial charge is 0.0843 e. The molecule has 0 aliphatic carbocycles. The number of halogens is 2. The first-order valence-corrected chi connectivity index (χ1v) is 5.45. The van der Waals surface area contributed by atoms with Gasteiger partial charge in [0.25, 0.3) is 0 Å². The fourth-order valence-electron chi connectivity index (χ4n) is 0.662. The maximum Gasteiger partial charge on any atom is 0.0843 e. The van der Waals surface area contributed by atoms with Crippen molar-refractivity contribution in [1.82, 2.24) is 0 Å². The van der Waals surface area contributed by atoms with Crippen molar-refractivity contribution in [3.05, 3.63) is 19.2 Å². The maximum atomic E-state index is 5.72. The molecule has 0 saturated carbocycles. The first kappa shape index (κ1) is 9.67. The minimum absolute atomic E-state index is 0.0393. The van der Waals surface area contributed by atoms with E-state index in [1.807, 2.05) is 6.07 Å². The molecule has 0 aliphatic heterocycles. The van der Waals surface area contributed by atoms with E-state index < -0.39 is 0 Å². The SMILES string of the molecule is NCC(N)c1cc(Br)c(Br)s1. The van der Waals surface area contributed by atoms with Crippen LogP contribution in [0, 0.1) is 0 Å². The lowest BCUT2D eigenvalue weighted by Gasteiger charge is -2.02. The molecule has 1 aromatic heterocycles. The molecule has 0 fully saturated rings. The third-order valence-electron chi connectivity index (χ3n) is 1.28. The molecule has 2 nitrogen and oxygen atoms in total. The van der Waals surface area contributed by atoms with Crippen LogP contribution in [0.25, 0.3) is 0 Å². The summed E-state index contributed by atoms with van der Waals surface area (Å²) in [6, 6.07) is 1.95. The zero-order valence-corrected chi connectivity index (χ0v) is 9.67. The molecule has 0 radical (unpaired) electrons. The van der Waals surface area contributed by atoms with E-state index in [9.17, 15) is 0 Å². The van der Waals surface area contributed by atoms with Crippen LogP contribution in [0.4, 0.5) is 0 Å². The van der Waals surface area contributed by atoms with E-state index in [2.05, 4.69) is 31.9 Å². The second-order valence-corrected chi connectivity index (χ2v) is 5.37. The van der Waals surface area contributed by atoms with Crippen LogP contribution in [0.2, 0.25) is 0 Å². The highest BCUT2D eigenvalue weighted by atomic mass is 79.9. The zero-order valence-electron chi connectivity index (χ0n) is 5.68. The molecule has 0 amide bonds. The Bertz CT molecular complexity index is 229. The summed E-state index contributed by atoms with van der Waals surface area (Å²) in [5, 5.41) is 0. The van der Waals surface area contributed by atoms with Gasteiger partial charge in [0, 0.05) is 15.9 Å². The van der Waals surface area contributed by atoms with E-state index in [0.717, 1.165) is 13.1 Å². The molecular formula is C6H8Br2N2S. The van der Waals surface area contributed by atoms with Crippen molar-refractivity contribution in [3.63, 3.8) is 0 Å². The summed E-state index contributed by atoms with van der Waals surface area (Å²) in [4.78, 5) is 1.10. The Kier molecular flexibility index (Phi) is 3.52. The minimum Gasteiger partial charge on any atom is -0.329 e. The third kappa shape index (κ3) is 2.26. The molecule has 5 heteroatoms. The van der Waals surface area contributed by atoms with Gasteiger partial charge in [0.15, 0.2) is 0 Å². The van der Waals surface area contributed by atoms with Gasteiger partial charge in [0.1, 0.15) is 0 Å². The Hall–Kier alpha value is 0.580. The highest BCUT2D eigenvalue weighted by Gasteiger charge is 2.09. The Morgan fingerprint density at radius 2 is 2.18 bits per heavy atom. The average Bonchev–Trinajstić information content (AvgIpc) is 2.31. The molecule has 0 aliphatic rings. The molecule has 0 saturated heterocycles. The molecule has 1 atom stereocenters. The Morgan fingerprint density at radius 3 is 2.55 bits per heavy atom. The highest BCUT2D eigenvalue weighted by molar-refractivity contribution is 9.13. The van der Waals surface area contributed by atoms with Gasteiger partial charge in [-0.1, -0.05) is 0 Å². The van der Waals surface area contributed by atoms with E-state index in [0.29, 0.717) is 6.54 Å². The fourth-order valence-corrected chi connectivity index (χ4v) is 2.77. The second-order valence-electron chi connectivity index (χ2n) is 2.11. The number of thiophene rings is 1. The van der Waals surface area contributed by atoms with E-state index in [4.69, 9.17) is 11.5 Å². The Morgan fingerprint density at radius 1 is 1.55 bits per heavy atom. The Labute approximate surface area is 86.2 Å². The molecule has 62 valence electrons. The summed E-state index contributed by atoms with van der Waals surface area (Å²) >= 11 is 8.38. The number of rotatable bonds is 2. The topological polar surface area (TPSA) is 52.0 Å². The van der Waals surface area contributed by atoms with Crippen molar-refractivity contribution < 1.29 is 0 Å². The quantitative estimate of drug-likeness (QED) is 0.880. The minimum atomic E-state index is -0.0393. The summed E-state index contributed by atoms with van der Waals surface area (Å²) in [6.45, 7) is 0.486. The third-order valence-corrected chi connectivity index (χ3v) is 4.67. The van der Waals surface area contributed by atoms with Crippen LogP contribution in [0.15, 0.2) is 14.3 Å². The van der Waals surface area contributed by atoms with Gasteiger partial charge in [-0.25, -0.2) is 0 Å². The molecule has 11 heavy (non-hydrogen) atoms. The largest absolute Gasteiger partial charge is 0.329 e. The summed E-state index contributed by atoms with van der Waals surface area (Å²) in [7, 11) is 0. The summed E-state index contributed by atoms with van der Waals surface area (Å²) in [5.74, 6) is 0. The van der Waals surface area contributed by atoms with Crippen molar-refractivity contribution in [2.75, 3.05) is 6.54 Å². The van der Waals surface area contributed by atoms with Crippen LogP contribution in [-0.2, 0) is 0 Å². The predicted molar refractivity (Wildman–Crippen MR) is 55.7 cm³/mol. The van der Waals surface area contributed by atoms with Crippen LogP contribution in [0.5, 0.6) is 0 Å². The normalized spacial score (nSPS) is 13.5. The summed E-state index contributed by atoms with van der Waals surface area (Å²) in [5.41, 5.74) is 11.1. The molecule has 4 N–H and O–H groups in total. The molecular weight excluding hydrogens is 292 g/mol. The van der Waals surface area contributed by atoms with Crippen molar-refractivity contribution in [1.29, 1.82) is 0 Å². The molecule has 1 aromatic rings. The van der Waals surface area contributed by atoms with Crippen LogP contribution >= 0.6 is 43.2 Å². The van der Waals surface area contributed by atoms with Gasteiger partial charge in [-0.05, 0) is 37.9 Å². The molecule has 1 heterocycles. The standard InChI is InChI=1S/C6H8Br2N2S/c7-3-1-5(4(10)2-9)11-6(3)8/h1,4H,2,9-10H2. The average molecular weight is 300 g/mol. The van der Waals surface area contributed by atoms with Gasteiger partial charge in [0.2, 0.25) is 0 Å². The van der Waals surface area contributed by atoms with Gasteiger partial charge in [-0.15, -0.1) is 11.3 Å². The molecule has 0 bridgehead atoms. The van der Waals surface area contributed by atoms with Gasteiger partial charge >= 0.3 is 0 Å². The summed E-state index contributed by atoms with van der Waals surface area (Å²) < 4.78 is 2.11. The molecule has 1 unspecified atom stereocenters. The van der Waals surface area contributed by atoms with E-state index in [-0.39, 0.29) is 6.04 Å². The molecule has 0 spiro atoms. The zero-order chi connectivity index (χ0) is 8.43. The lowest BCUT2D eigenvalue weighted by molar-refractivity contribution is 0.751. The van der Waals surface area contributed by atoms with Crippen LogP contribution in [0.1, 0.15) is 10.9 Å².